The predicted molar refractivity (Wildman–Crippen MR) is 70.0 cm³/mol. The monoisotopic (exact) mass is 337 g/mol. The average molecular weight is 338 g/mol. The van der Waals surface area contributed by atoms with E-state index in [0.717, 1.165) is 37.8 Å². The Morgan fingerprint density at radius 1 is 1.16 bits per heavy atom. The minimum atomic E-state index is -4.33. The van der Waals surface area contributed by atoms with E-state index in [0.29, 0.717) is 10.2 Å². The van der Waals surface area contributed by atoms with Crippen molar-refractivity contribution in [1.29, 1.82) is 0 Å². The summed E-state index contributed by atoms with van der Waals surface area (Å²) >= 11 is 3.13. The van der Waals surface area contributed by atoms with Gasteiger partial charge in [0.1, 0.15) is 5.75 Å². The number of benzene rings is 1. The molecule has 0 aliphatic heterocycles. The number of nitrogens with two attached hydrogens (primary N) is 1. The molecule has 106 valence electrons. The largest absolute Gasteiger partial charge is 0.489 e. The number of hydrogen-bond donors (Lipinski definition) is 1. The molecule has 1 aromatic carbocycles. The quantitative estimate of drug-likeness (QED) is 0.881. The second-order valence-corrected chi connectivity index (χ2v) is 5.65. The zero-order chi connectivity index (χ0) is 14.0. The van der Waals surface area contributed by atoms with Crippen LogP contribution in [-0.4, -0.2) is 12.1 Å². The highest BCUT2D eigenvalue weighted by Gasteiger charge is 2.31. The highest BCUT2D eigenvalue weighted by Crippen LogP contribution is 2.36. The number of hydrogen-bond acceptors (Lipinski definition) is 2. The van der Waals surface area contributed by atoms with E-state index in [1.165, 1.54) is 6.07 Å². The molecule has 1 fully saturated rings. The van der Waals surface area contributed by atoms with Crippen molar-refractivity contribution in [3.63, 3.8) is 0 Å². The van der Waals surface area contributed by atoms with E-state index in [2.05, 4.69) is 15.9 Å². The van der Waals surface area contributed by atoms with Gasteiger partial charge in [0.2, 0.25) is 0 Å². The first-order valence-corrected chi connectivity index (χ1v) is 6.94. The Morgan fingerprint density at radius 2 is 1.79 bits per heavy atom. The van der Waals surface area contributed by atoms with Crippen molar-refractivity contribution in [1.82, 2.24) is 0 Å². The molecule has 0 aromatic heterocycles. The van der Waals surface area contributed by atoms with Gasteiger partial charge in [0.25, 0.3) is 0 Å². The van der Waals surface area contributed by atoms with Crippen LogP contribution in [0.4, 0.5) is 13.2 Å². The molecule has 1 aliphatic rings. The van der Waals surface area contributed by atoms with E-state index >= 15 is 0 Å². The molecular weight excluding hydrogens is 323 g/mol. The lowest BCUT2D eigenvalue weighted by Gasteiger charge is -2.27. The maximum absolute atomic E-state index is 12.5. The minimum Gasteiger partial charge on any atom is -0.489 e. The van der Waals surface area contributed by atoms with Gasteiger partial charge in [-0.2, -0.15) is 13.2 Å². The molecule has 0 saturated heterocycles. The van der Waals surface area contributed by atoms with Crippen LogP contribution in [0.15, 0.2) is 22.7 Å². The zero-order valence-corrected chi connectivity index (χ0v) is 11.8. The Hall–Kier alpha value is -0.750. The molecule has 2 rings (SSSR count). The molecule has 2 nitrogen and oxygen atoms in total. The number of rotatable bonds is 2. The Bertz CT molecular complexity index is 442. The second-order valence-electron chi connectivity index (χ2n) is 4.80. The lowest BCUT2D eigenvalue weighted by atomic mass is 9.94. The van der Waals surface area contributed by atoms with Gasteiger partial charge in [-0.15, -0.1) is 0 Å². The molecule has 2 N–H and O–H groups in total. The van der Waals surface area contributed by atoms with Gasteiger partial charge >= 0.3 is 6.18 Å². The van der Waals surface area contributed by atoms with Crippen molar-refractivity contribution in [2.24, 2.45) is 5.73 Å². The van der Waals surface area contributed by atoms with Crippen molar-refractivity contribution >= 4 is 15.9 Å². The average Bonchev–Trinajstić information content (AvgIpc) is 2.33. The molecule has 1 aromatic rings. The van der Waals surface area contributed by atoms with Crippen LogP contribution in [0.2, 0.25) is 0 Å². The van der Waals surface area contributed by atoms with Crippen LogP contribution in [0.1, 0.15) is 31.2 Å². The van der Waals surface area contributed by atoms with Crippen LogP contribution in [0, 0.1) is 0 Å². The molecule has 19 heavy (non-hydrogen) atoms. The molecule has 6 heteroatoms. The third kappa shape index (κ3) is 3.86. The third-order valence-electron chi connectivity index (χ3n) is 3.27. The summed E-state index contributed by atoms with van der Waals surface area (Å²) in [6.07, 6.45) is -0.832. The first kappa shape index (κ1) is 14.7. The number of ether oxygens (including phenoxy) is 1. The van der Waals surface area contributed by atoms with Gasteiger partial charge in [-0.3, -0.25) is 0 Å². The summed E-state index contributed by atoms with van der Waals surface area (Å²) in [4.78, 5) is 0. The molecule has 0 atom stereocenters. The summed E-state index contributed by atoms with van der Waals surface area (Å²) in [6, 6.07) is 3.66. The highest BCUT2D eigenvalue weighted by atomic mass is 79.9. The molecule has 1 aliphatic carbocycles. The molecule has 0 bridgehead atoms. The fraction of sp³-hybridized carbons (Fsp3) is 0.538. The summed E-state index contributed by atoms with van der Waals surface area (Å²) in [6.45, 7) is 0. The van der Waals surface area contributed by atoms with Gasteiger partial charge in [-0.25, -0.2) is 0 Å². The molecule has 0 unspecified atom stereocenters. The predicted octanol–water partition coefficient (Wildman–Crippen LogP) is 4.12. The Balaban J connectivity index is 2.05. The van der Waals surface area contributed by atoms with Crippen LogP contribution in [0.5, 0.6) is 5.75 Å². The summed E-state index contributed by atoms with van der Waals surface area (Å²) in [5.74, 6) is 0.452. The van der Waals surface area contributed by atoms with E-state index in [1.54, 1.807) is 0 Å². The van der Waals surface area contributed by atoms with Crippen molar-refractivity contribution in [2.75, 3.05) is 0 Å². The SMILES string of the molecule is N[C@H]1CC[C@H](Oc2ccc(C(F)(F)F)cc2Br)CC1. The van der Waals surface area contributed by atoms with Crippen molar-refractivity contribution in [2.45, 2.75) is 44.0 Å². The lowest BCUT2D eigenvalue weighted by molar-refractivity contribution is -0.137. The zero-order valence-electron chi connectivity index (χ0n) is 10.2. The molecule has 0 spiro atoms. The molecular formula is C13H15BrF3NO. The van der Waals surface area contributed by atoms with Gasteiger partial charge < -0.3 is 10.5 Å². The van der Waals surface area contributed by atoms with E-state index < -0.39 is 11.7 Å². The van der Waals surface area contributed by atoms with Crippen molar-refractivity contribution in [3.8, 4) is 5.75 Å². The van der Waals surface area contributed by atoms with Gasteiger partial charge in [0, 0.05) is 6.04 Å². The van der Waals surface area contributed by atoms with Gasteiger partial charge in [-0.1, -0.05) is 0 Å². The van der Waals surface area contributed by atoms with Gasteiger partial charge in [0.05, 0.1) is 16.1 Å². The molecule has 0 amide bonds. The van der Waals surface area contributed by atoms with E-state index in [9.17, 15) is 13.2 Å². The highest BCUT2D eigenvalue weighted by molar-refractivity contribution is 9.10. The first-order valence-electron chi connectivity index (χ1n) is 6.15. The summed E-state index contributed by atoms with van der Waals surface area (Å²) in [7, 11) is 0. The topological polar surface area (TPSA) is 35.2 Å². The van der Waals surface area contributed by atoms with Crippen LogP contribution < -0.4 is 10.5 Å². The van der Waals surface area contributed by atoms with Gasteiger partial charge in [0.15, 0.2) is 0 Å². The Labute approximate surface area is 118 Å². The Kier molecular flexibility index (Phi) is 4.40. The smallest absolute Gasteiger partial charge is 0.416 e. The van der Waals surface area contributed by atoms with E-state index in [1.807, 2.05) is 0 Å². The first-order chi connectivity index (χ1) is 8.86. The van der Waals surface area contributed by atoms with Gasteiger partial charge in [-0.05, 0) is 59.8 Å². The van der Waals surface area contributed by atoms with Crippen LogP contribution in [-0.2, 0) is 6.18 Å². The number of alkyl halides is 3. The third-order valence-corrected chi connectivity index (χ3v) is 3.89. The van der Waals surface area contributed by atoms with Crippen molar-refractivity contribution in [3.05, 3.63) is 28.2 Å². The van der Waals surface area contributed by atoms with Crippen LogP contribution in [0.3, 0.4) is 0 Å². The summed E-state index contributed by atoms with van der Waals surface area (Å²) in [5, 5.41) is 0. The summed E-state index contributed by atoms with van der Waals surface area (Å²) in [5.41, 5.74) is 5.12. The number of halogens is 4. The maximum atomic E-state index is 12.5. The Morgan fingerprint density at radius 3 is 2.32 bits per heavy atom. The lowest BCUT2D eigenvalue weighted by Crippen LogP contribution is -2.31. The van der Waals surface area contributed by atoms with Crippen LogP contribution >= 0.6 is 15.9 Å². The second kappa shape index (κ2) is 5.71. The minimum absolute atomic E-state index is 0.0350. The van der Waals surface area contributed by atoms with Crippen molar-refractivity contribution < 1.29 is 17.9 Å². The standard InChI is InChI=1S/C13H15BrF3NO/c14-11-7-8(13(15,16)17)1-6-12(11)19-10-4-2-9(18)3-5-10/h1,6-7,9-10H,2-5,18H2/t9-,10-. The maximum Gasteiger partial charge on any atom is 0.416 e. The van der Waals surface area contributed by atoms with E-state index in [4.69, 9.17) is 10.5 Å². The van der Waals surface area contributed by atoms with Crippen LogP contribution in [0.25, 0.3) is 0 Å². The van der Waals surface area contributed by atoms with E-state index in [-0.39, 0.29) is 12.1 Å². The molecule has 1 saturated carbocycles. The fourth-order valence-corrected chi connectivity index (χ4v) is 2.63. The summed E-state index contributed by atoms with van der Waals surface area (Å²) < 4.78 is 43.6. The molecule has 0 radical (unpaired) electrons. The fourth-order valence-electron chi connectivity index (χ4n) is 2.16. The normalized spacial score (nSPS) is 24.3. The molecule has 0 heterocycles.